The zero-order chi connectivity index (χ0) is 13.9. The standard InChI is InChI=1S/C18H23N/c1-18(2,3)17-10-8-15(9-11-17)16-7-5-6-14(12-16)13-19-4/h5-12,19H,13H2,1-4H3. The van der Waals surface area contributed by atoms with Crippen LogP contribution in [0.4, 0.5) is 0 Å². The molecule has 0 aliphatic heterocycles. The first-order chi connectivity index (χ1) is 9.00. The van der Waals surface area contributed by atoms with Gasteiger partial charge in [0.15, 0.2) is 0 Å². The Hall–Kier alpha value is -1.60. The molecule has 0 atom stereocenters. The molecule has 19 heavy (non-hydrogen) atoms. The van der Waals surface area contributed by atoms with Crippen molar-refractivity contribution in [3.63, 3.8) is 0 Å². The van der Waals surface area contributed by atoms with Crippen molar-refractivity contribution in [1.29, 1.82) is 0 Å². The topological polar surface area (TPSA) is 12.0 Å². The molecule has 0 amide bonds. The second-order valence-corrected chi connectivity index (χ2v) is 6.06. The average Bonchev–Trinajstić information content (AvgIpc) is 2.39. The summed E-state index contributed by atoms with van der Waals surface area (Å²) in [4.78, 5) is 0. The van der Waals surface area contributed by atoms with Gasteiger partial charge in [0.25, 0.3) is 0 Å². The SMILES string of the molecule is CNCc1cccc(-c2ccc(C(C)(C)C)cc2)c1. The third kappa shape index (κ3) is 3.45. The summed E-state index contributed by atoms with van der Waals surface area (Å²) in [7, 11) is 1.98. The van der Waals surface area contributed by atoms with Crippen LogP contribution in [0.25, 0.3) is 11.1 Å². The normalized spacial score (nSPS) is 11.6. The van der Waals surface area contributed by atoms with E-state index in [1.54, 1.807) is 0 Å². The third-order valence-corrected chi connectivity index (χ3v) is 3.39. The van der Waals surface area contributed by atoms with Gasteiger partial charge in [-0.1, -0.05) is 63.2 Å². The summed E-state index contributed by atoms with van der Waals surface area (Å²) in [6, 6.07) is 17.6. The van der Waals surface area contributed by atoms with E-state index >= 15 is 0 Å². The summed E-state index contributed by atoms with van der Waals surface area (Å²) in [5, 5.41) is 3.19. The summed E-state index contributed by atoms with van der Waals surface area (Å²) >= 11 is 0. The molecule has 0 spiro atoms. The second-order valence-electron chi connectivity index (χ2n) is 6.06. The first-order valence-corrected chi connectivity index (χ1v) is 6.85. The molecule has 0 radical (unpaired) electrons. The van der Waals surface area contributed by atoms with Gasteiger partial charge in [0.05, 0.1) is 0 Å². The fourth-order valence-corrected chi connectivity index (χ4v) is 2.23. The fourth-order valence-electron chi connectivity index (χ4n) is 2.23. The minimum absolute atomic E-state index is 0.215. The predicted molar refractivity (Wildman–Crippen MR) is 83.3 cm³/mol. The number of hydrogen-bond donors (Lipinski definition) is 1. The Morgan fingerprint density at radius 1 is 0.895 bits per heavy atom. The zero-order valence-corrected chi connectivity index (χ0v) is 12.3. The number of hydrogen-bond acceptors (Lipinski definition) is 1. The molecule has 1 nitrogen and oxygen atoms in total. The zero-order valence-electron chi connectivity index (χ0n) is 12.3. The van der Waals surface area contributed by atoms with Crippen molar-refractivity contribution < 1.29 is 0 Å². The van der Waals surface area contributed by atoms with Crippen molar-refractivity contribution in [3.05, 3.63) is 59.7 Å². The van der Waals surface area contributed by atoms with Crippen molar-refractivity contribution in [3.8, 4) is 11.1 Å². The van der Waals surface area contributed by atoms with Crippen molar-refractivity contribution in [1.82, 2.24) is 5.32 Å². The van der Waals surface area contributed by atoms with Crippen LogP contribution in [0.2, 0.25) is 0 Å². The minimum Gasteiger partial charge on any atom is -0.316 e. The summed E-state index contributed by atoms with van der Waals surface area (Å²) < 4.78 is 0. The smallest absolute Gasteiger partial charge is 0.0202 e. The van der Waals surface area contributed by atoms with Crippen molar-refractivity contribution in [2.45, 2.75) is 32.7 Å². The van der Waals surface area contributed by atoms with Gasteiger partial charge in [-0.15, -0.1) is 0 Å². The van der Waals surface area contributed by atoms with Gasteiger partial charge >= 0.3 is 0 Å². The molecule has 0 bridgehead atoms. The molecule has 0 heterocycles. The molecule has 0 saturated carbocycles. The molecule has 1 N–H and O–H groups in total. The molecular formula is C18H23N. The molecule has 2 rings (SSSR count). The summed E-state index contributed by atoms with van der Waals surface area (Å²) in [6.45, 7) is 7.65. The summed E-state index contributed by atoms with van der Waals surface area (Å²) in [5.74, 6) is 0. The van der Waals surface area contributed by atoms with Gasteiger partial charge in [-0.25, -0.2) is 0 Å². The van der Waals surface area contributed by atoms with Crippen LogP contribution in [0, 0.1) is 0 Å². The van der Waals surface area contributed by atoms with E-state index in [2.05, 4.69) is 74.6 Å². The molecule has 0 fully saturated rings. The minimum atomic E-state index is 0.215. The molecule has 0 aliphatic carbocycles. The summed E-state index contributed by atoms with van der Waals surface area (Å²) in [5.41, 5.74) is 5.48. The van der Waals surface area contributed by atoms with Crippen molar-refractivity contribution in [2.24, 2.45) is 0 Å². The van der Waals surface area contributed by atoms with Crippen molar-refractivity contribution in [2.75, 3.05) is 7.05 Å². The maximum Gasteiger partial charge on any atom is 0.0202 e. The van der Waals surface area contributed by atoms with E-state index in [9.17, 15) is 0 Å². The molecule has 2 aromatic carbocycles. The highest BCUT2D eigenvalue weighted by molar-refractivity contribution is 5.64. The largest absolute Gasteiger partial charge is 0.316 e. The lowest BCUT2D eigenvalue weighted by atomic mass is 9.86. The van der Waals surface area contributed by atoms with Crippen molar-refractivity contribution >= 4 is 0 Å². The van der Waals surface area contributed by atoms with Gasteiger partial charge in [0.2, 0.25) is 0 Å². The molecule has 0 aromatic heterocycles. The van der Waals surface area contributed by atoms with E-state index in [-0.39, 0.29) is 5.41 Å². The Balaban J connectivity index is 2.29. The van der Waals surface area contributed by atoms with E-state index in [4.69, 9.17) is 0 Å². The van der Waals surface area contributed by atoms with Crippen LogP contribution in [0.3, 0.4) is 0 Å². The van der Waals surface area contributed by atoms with E-state index in [1.165, 1.54) is 22.3 Å². The fraction of sp³-hybridized carbons (Fsp3) is 0.333. The Morgan fingerprint density at radius 3 is 2.16 bits per heavy atom. The first kappa shape index (κ1) is 13.8. The van der Waals surface area contributed by atoms with Gasteiger partial charge in [-0.3, -0.25) is 0 Å². The lowest BCUT2D eigenvalue weighted by Gasteiger charge is -2.19. The van der Waals surface area contributed by atoms with Crippen LogP contribution in [0.1, 0.15) is 31.9 Å². The molecule has 2 aromatic rings. The lowest BCUT2D eigenvalue weighted by molar-refractivity contribution is 0.590. The molecule has 1 heteroatoms. The van der Waals surface area contributed by atoms with Gasteiger partial charge in [0.1, 0.15) is 0 Å². The van der Waals surface area contributed by atoms with E-state index < -0.39 is 0 Å². The van der Waals surface area contributed by atoms with Gasteiger partial charge in [-0.05, 0) is 40.8 Å². The number of rotatable bonds is 3. The Labute approximate surface area is 116 Å². The Morgan fingerprint density at radius 2 is 1.58 bits per heavy atom. The highest BCUT2D eigenvalue weighted by Crippen LogP contribution is 2.26. The second kappa shape index (κ2) is 5.58. The maximum atomic E-state index is 3.19. The van der Waals surface area contributed by atoms with Gasteiger partial charge in [0, 0.05) is 6.54 Å². The average molecular weight is 253 g/mol. The van der Waals surface area contributed by atoms with Crippen LogP contribution in [-0.2, 0) is 12.0 Å². The Bertz CT molecular complexity index is 532. The first-order valence-electron chi connectivity index (χ1n) is 6.85. The van der Waals surface area contributed by atoms with Crippen LogP contribution >= 0.6 is 0 Å². The quantitative estimate of drug-likeness (QED) is 0.856. The predicted octanol–water partition coefficient (Wildman–Crippen LogP) is 4.37. The number of nitrogens with one attached hydrogen (secondary N) is 1. The van der Waals surface area contributed by atoms with Crippen LogP contribution in [-0.4, -0.2) is 7.05 Å². The van der Waals surface area contributed by atoms with E-state index in [0.717, 1.165) is 6.54 Å². The Kier molecular flexibility index (Phi) is 4.06. The van der Waals surface area contributed by atoms with E-state index in [1.807, 2.05) is 7.05 Å². The lowest BCUT2D eigenvalue weighted by Crippen LogP contribution is -2.10. The highest BCUT2D eigenvalue weighted by Gasteiger charge is 2.12. The molecular weight excluding hydrogens is 230 g/mol. The molecule has 0 aliphatic rings. The van der Waals surface area contributed by atoms with Crippen LogP contribution < -0.4 is 5.32 Å². The molecule has 100 valence electrons. The number of benzene rings is 2. The highest BCUT2D eigenvalue weighted by atomic mass is 14.8. The van der Waals surface area contributed by atoms with E-state index in [0.29, 0.717) is 0 Å². The van der Waals surface area contributed by atoms with Gasteiger partial charge in [-0.2, -0.15) is 0 Å². The van der Waals surface area contributed by atoms with Gasteiger partial charge < -0.3 is 5.32 Å². The molecule has 0 saturated heterocycles. The third-order valence-electron chi connectivity index (χ3n) is 3.39. The van der Waals surface area contributed by atoms with Crippen LogP contribution in [0.5, 0.6) is 0 Å². The van der Waals surface area contributed by atoms with Crippen LogP contribution in [0.15, 0.2) is 48.5 Å². The summed E-state index contributed by atoms with van der Waals surface area (Å²) in [6.07, 6.45) is 0. The molecule has 0 unspecified atom stereocenters. The maximum absolute atomic E-state index is 3.19. The monoisotopic (exact) mass is 253 g/mol.